The van der Waals surface area contributed by atoms with Gasteiger partial charge in [0.15, 0.2) is 5.17 Å². The van der Waals surface area contributed by atoms with Crippen molar-refractivity contribution in [3.8, 4) is 5.75 Å². The molecule has 0 atom stereocenters. The number of carbonyl (C=O) groups is 1. The zero-order valence-corrected chi connectivity index (χ0v) is 15.3. The maximum atomic E-state index is 13.1. The molecule has 0 radical (unpaired) electrons. The van der Waals surface area contributed by atoms with E-state index in [9.17, 15) is 31.1 Å². The zero-order chi connectivity index (χ0) is 20.6. The van der Waals surface area contributed by atoms with Crippen molar-refractivity contribution in [3.63, 3.8) is 0 Å². The molecule has 0 saturated heterocycles. The zero-order valence-electron chi connectivity index (χ0n) is 14.5. The van der Waals surface area contributed by atoms with Crippen LogP contribution >= 0.6 is 11.8 Å². The van der Waals surface area contributed by atoms with Gasteiger partial charge < -0.3 is 4.74 Å². The fraction of sp³-hybridized carbons (Fsp3) is 0.500. The number of rotatable bonds is 3. The lowest BCUT2D eigenvalue weighted by Crippen LogP contribution is -2.51. The Morgan fingerprint density at radius 3 is 2.04 bits per heavy atom. The number of methoxy groups -OCH3 is 1. The predicted octanol–water partition coefficient (Wildman–Crippen LogP) is 4.65. The minimum atomic E-state index is -5.79. The maximum Gasteiger partial charge on any atom is 0.409 e. The Hall–Kier alpha value is -1.91. The van der Waals surface area contributed by atoms with E-state index in [1.165, 1.54) is 31.4 Å². The number of thioether (sulfide) groups is 1. The highest BCUT2D eigenvalue weighted by Crippen LogP contribution is 2.43. The van der Waals surface area contributed by atoms with Gasteiger partial charge >= 0.3 is 12.4 Å². The lowest BCUT2D eigenvalue weighted by Gasteiger charge is -2.30. The third-order valence-electron chi connectivity index (χ3n) is 3.61. The predicted molar refractivity (Wildman–Crippen MR) is 90.1 cm³/mol. The molecule has 1 aromatic carbocycles. The van der Waals surface area contributed by atoms with Crippen molar-refractivity contribution in [3.05, 3.63) is 24.3 Å². The number of ether oxygens (including phenoxy) is 1. The lowest BCUT2D eigenvalue weighted by molar-refractivity contribution is -0.273. The van der Waals surface area contributed by atoms with Crippen LogP contribution in [-0.2, 0) is 4.79 Å². The largest absolute Gasteiger partial charge is 0.497 e. The van der Waals surface area contributed by atoms with Crippen molar-refractivity contribution in [1.82, 2.24) is 0 Å². The highest BCUT2D eigenvalue weighted by molar-refractivity contribution is 8.15. The first-order valence-electron chi connectivity index (χ1n) is 7.61. The van der Waals surface area contributed by atoms with Gasteiger partial charge in [0.1, 0.15) is 5.75 Å². The number of hydrogen-bond donors (Lipinski definition) is 0. The number of carbonyl (C=O) groups excluding carboxylic acids is 1. The van der Waals surface area contributed by atoms with E-state index < -0.39 is 28.9 Å². The summed E-state index contributed by atoms with van der Waals surface area (Å²) in [7, 11) is 1.35. The summed E-state index contributed by atoms with van der Waals surface area (Å²) in [6.45, 7) is 3.58. The summed E-state index contributed by atoms with van der Waals surface area (Å²) in [5, 5.41) is -0.214. The Kier molecular flexibility index (Phi) is 5.74. The average Bonchev–Trinajstić information content (AvgIpc) is 2.85. The van der Waals surface area contributed by atoms with Gasteiger partial charge in [0.25, 0.3) is 5.91 Å². The molecule has 150 valence electrons. The van der Waals surface area contributed by atoms with E-state index in [1.807, 2.05) is 0 Å². The maximum absolute atomic E-state index is 13.1. The second kappa shape index (κ2) is 7.25. The molecule has 1 aromatic rings. The van der Waals surface area contributed by atoms with E-state index >= 15 is 0 Å². The topological polar surface area (TPSA) is 41.9 Å². The molecular weight excluding hydrogens is 398 g/mol. The van der Waals surface area contributed by atoms with Crippen LogP contribution in [-0.4, -0.2) is 41.8 Å². The summed E-state index contributed by atoms with van der Waals surface area (Å²) in [6.07, 6.45) is -11.6. The molecule has 0 fully saturated rings. The van der Waals surface area contributed by atoms with Crippen molar-refractivity contribution in [2.75, 3.05) is 18.6 Å². The molecule has 11 heteroatoms. The van der Waals surface area contributed by atoms with Gasteiger partial charge in [-0.3, -0.25) is 14.7 Å². The summed E-state index contributed by atoms with van der Waals surface area (Å²) in [4.78, 5) is 16.8. The third-order valence-corrected chi connectivity index (χ3v) is 4.78. The van der Waals surface area contributed by atoms with Crippen LogP contribution in [0.5, 0.6) is 5.75 Å². The van der Waals surface area contributed by atoms with Crippen LogP contribution in [0.25, 0.3) is 0 Å². The fourth-order valence-corrected chi connectivity index (χ4v) is 3.38. The molecule has 1 aliphatic rings. The van der Waals surface area contributed by atoms with Gasteiger partial charge in [-0.05, 0) is 38.1 Å². The molecule has 0 unspecified atom stereocenters. The van der Waals surface area contributed by atoms with Crippen LogP contribution in [0.1, 0.15) is 13.8 Å². The molecule has 0 bridgehead atoms. The number of halogens is 6. The van der Waals surface area contributed by atoms with Crippen LogP contribution in [0.2, 0.25) is 0 Å². The Bertz CT molecular complexity index is 714. The molecular formula is C16H16F6N2O2S. The van der Waals surface area contributed by atoms with Crippen LogP contribution in [0.4, 0.5) is 32.0 Å². The van der Waals surface area contributed by atoms with Crippen LogP contribution in [0, 0.1) is 5.92 Å². The first-order chi connectivity index (χ1) is 12.3. The van der Waals surface area contributed by atoms with Crippen molar-refractivity contribution >= 4 is 28.5 Å². The number of aliphatic imine (C=N–C) groups is 1. The summed E-state index contributed by atoms with van der Waals surface area (Å²) in [5.74, 6) is -5.97. The van der Waals surface area contributed by atoms with E-state index in [0.29, 0.717) is 10.6 Å². The summed E-state index contributed by atoms with van der Waals surface area (Å²) in [5.41, 5.74) is -0.164. The molecule has 0 saturated carbocycles. The molecule has 0 N–H and O–H groups in total. The fourth-order valence-electron chi connectivity index (χ4n) is 2.34. The van der Waals surface area contributed by atoms with Crippen molar-refractivity contribution in [1.29, 1.82) is 0 Å². The van der Waals surface area contributed by atoms with E-state index in [4.69, 9.17) is 4.74 Å². The summed E-state index contributed by atoms with van der Waals surface area (Å²) in [6, 6.07) is 5.07. The van der Waals surface area contributed by atoms with Gasteiger partial charge in [-0.25, -0.2) is 0 Å². The monoisotopic (exact) mass is 414 g/mol. The standard InChI is InChI=1S/C16H16F6N2O2S/c1-14(2)8-23-13(27-14)24(9-4-6-10(26-3)7-5-9)12(25)11(15(17,18)19)16(20,21)22/h4-7,11H,8H2,1-3H3. The Morgan fingerprint density at radius 1 is 1.15 bits per heavy atom. The smallest absolute Gasteiger partial charge is 0.409 e. The SMILES string of the molecule is COc1ccc(N(C(=O)C(C(F)(F)F)C(F)(F)F)C2=NCC(C)(C)S2)cc1. The number of anilines is 1. The van der Waals surface area contributed by atoms with E-state index in [-0.39, 0.29) is 17.4 Å². The number of amides is 1. The highest BCUT2D eigenvalue weighted by atomic mass is 32.2. The van der Waals surface area contributed by atoms with Gasteiger partial charge in [-0.2, -0.15) is 26.3 Å². The van der Waals surface area contributed by atoms with E-state index in [1.54, 1.807) is 13.8 Å². The number of amidine groups is 1. The van der Waals surface area contributed by atoms with Gasteiger partial charge in [-0.15, -0.1) is 0 Å². The third kappa shape index (κ3) is 4.88. The van der Waals surface area contributed by atoms with Crippen LogP contribution in [0.15, 0.2) is 29.3 Å². The van der Waals surface area contributed by atoms with Crippen LogP contribution in [0.3, 0.4) is 0 Å². The molecule has 1 aliphatic heterocycles. The normalized spacial score (nSPS) is 17.0. The number of alkyl halides is 6. The molecule has 0 aromatic heterocycles. The minimum Gasteiger partial charge on any atom is -0.497 e. The van der Waals surface area contributed by atoms with Crippen molar-refractivity contribution < 1.29 is 35.9 Å². The number of benzene rings is 1. The lowest BCUT2D eigenvalue weighted by atomic mass is 10.1. The Balaban J connectivity index is 2.52. The second-order valence-corrected chi connectivity index (χ2v) is 8.02. The quantitative estimate of drug-likeness (QED) is 0.677. The molecule has 4 nitrogen and oxygen atoms in total. The second-order valence-electron chi connectivity index (χ2n) is 6.35. The van der Waals surface area contributed by atoms with Crippen molar-refractivity contribution in [2.45, 2.75) is 30.9 Å². The molecule has 0 aliphatic carbocycles. The summed E-state index contributed by atoms with van der Waals surface area (Å²) < 4.78 is 82.8. The van der Waals surface area contributed by atoms with E-state index in [0.717, 1.165) is 11.8 Å². The summed E-state index contributed by atoms with van der Waals surface area (Å²) >= 11 is 0.937. The molecule has 1 amide bonds. The van der Waals surface area contributed by atoms with Gasteiger partial charge in [0.2, 0.25) is 5.92 Å². The molecule has 27 heavy (non-hydrogen) atoms. The Morgan fingerprint density at radius 2 is 1.67 bits per heavy atom. The molecule has 2 rings (SSSR count). The highest BCUT2D eigenvalue weighted by Gasteiger charge is 2.62. The van der Waals surface area contributed by atoms with Crippen molar-refractivity contribution in [2.24, 2.45) is 10.9 Å². The first-order valence-corrected chi connectivity index (χ1v) is 8.43. The Labute approximate surface area is 155 Å². The number of hydrogen-bond acceptors (Lipinski definition) is 4. The number of nitrogens with zero attached hydrogens (tertiary/aromatic N) is 2. The first kappa shape index (κ1) is 21.4. The van der Waals surface area contributed by atoms with E-state index in [2.05, 4.69) is 4.99 Å². The van der Waals surface area contributed by atoms with Gasteiger partial charge in [0.05, 0.1) is 19.3 Å². The molecule has 0 spiro atoms. The average molecular weight is 414 g/mol. The minimum absolute atomic E-state index is 0.148. The van der Waals surface area contributed by atoms with Gasteiger partial charge in [-0.1, -0.05) is 11.8 Å². The van der Waals surface area contributed by atoms with Crippen LogP contribution < -0.4 is 9.64 Å². The molecule has 1 heterocycles. The van der Waals surface area contributed by atoms with Gasteiger partial charge in [0, 0.05) is 4.75 Å².